The van der Waals surface area contributed by atoms with Crippen molar-refractivity contribution in [2.75, 3.05) is 19.6 Å². The van der Waals surface area contributed by atoms with Gasteiger partial charge in [-0.3, -0.25) is 4.99 Å². The van der Waals surface area contributed by atoms with E-state index < -0.39 is 0 Å². The summed E-state index contributed by atoms with van der Waals surface area (Å²) in [6.45, 7) is 5.75. The number of hydrogen-bond donors (Lipinski definition) is 2. The summed E-state index contributed by atoms with van der Waals surface area (Å²) >= 11 is 0. The second-order valence-corrected chi connectivity index (χ2v) is 5.80. The number of nitrogens with zero attached hydrogens (tertiary/aromatic N) is 2. The van der Waals surface area contributed by atoms with Crippen molar-refractivity contribution >= 4 is 5.96 Å². The first-order valence-corrected chi connectivity index (χ1v) is 7.13. The van der Waals surface area contributed by atoms with E-state index in [1.807, 2.05) is 0 Å². The van der Waals surface area contributed by atoms with Gasteiger partial charge in [-0.15, -0.1) is 0 Å². The van der Waals surface area contributed by atoms with E-state index in [0.29, 0.717) is 12.1 Å². The third-order valence-corrected chi connectivity index (χ3v) is 4.27. The van der Waals surface area contributed by atoms with E-state index in [1.165, 1.54) is 45.2 Å². The monoisotopic (exact) mass is 236 g/mol. The summed E-state index contributed by atoms with van der Waals surface area (Å²) in [5.74, 6) is 1.03. The van der Waals surface area contributed by atoms with Gasteiger partial charge in [0, 0.05) is 18.1 Å². The van der Waals surface area contributed by atoms with Crippen molar-refractivity contribution in [2.45, 2.75) is 57.2 Å². The maximum absolute atomic E-state index is 4.46. The molecule has 4 heteroatoms. The molecule has 2 aliphatic heterocycles. The van der Waals surface area contributed by atoms with Crippen LogP contribution in [-0.4, -0.2) is 48.6 Å². The summed E-state index contributed by atoms with van der Waals surface area (Å²) in [5.41, 5.74) is 0. The maximum Gasteiger partial charge on any atom is 0.191 e. The molecule has 1 saturated heterocycles. The Balaban J connectivity index is 1.39. The van der Waals surface area contributed by atoms with Gasteiger partial charge in [-0.05, 0) is 45.7 Å². The summed E-state index contributed by atoms with van der Waals surface area (Å²) in [5, 5.41) is 6.90. The molecular weight excluding hydrogens is 212 g/mol. The van der Waals surface area contributed by atoms with Gasteiger partial charge in [0.15, 0.2) is 5.96 Å². The molecule has 0 aromatic heterocycles. The molecule has 2 N–H and O–H groups in total. The fourth-order valence-corrected chi connectivity index (χ4v) is 3.12. The Hall–Kier alpha value is -0.770. The minimum Gasteiger partial charge on any atom is -0.354 e. The fourth-order valence-electron chi connectivity index (χ4n) is 3.12. The van der Waals surface area contributed by atoms with E-state index in [1.54, 1.807) is 0 Å². The second kappa shape index (κ2) is 4.84. The quantitative estimate of drug-likeness (QED) is 0.749. The summed E-state index contributed by atoms with van der Waals surface area (Å²) in [4.78, 5) is 7.15. The van der Waals surface area contributed by atoms with Crippen molar-refractivity contribution in [1.82, 2.24) is 15.5 Å². The fraction of sp³-hybridized carbons (Fsp3) is 0.923. The average Bonchev–Trinajstić information content (AvgIpc) is 2.70. The largest absolute Gasteiger partial charge is 0.354 e. The van der Waals surface area contributed by atoms with Crippen LogP contribution < -0.4 is 10.6 Å². The predicted octanol–water partition coefficient (Wildman–Crippen LogP) is 0.941. The molecule has 0 spiro atoms. The zero-order valence-electron chi connectivity index (χ0n) is 10.8. The number of likely N-dealkylation sites (tertiary alicyclic amines) is 1. The minimum absolute atomic E-state index is 0.510. The van der Waals surface area contributed by atoms with E-state index in [-0.39, 0.29) is 0 Å². The van der Waals surface area contributed by atoms with Gasteiger partial charge in [-0.25, -0.2) is 0 Å². The Kier molecular flexibility index (Phi) is 3.23. The number of piperidine rings is 1. The van der Waals surface area contributed by atoms with Gasteiger partial charge >= 0.3 is 0 Å². The molecule has 3 aliphatic rings. The number of hydrogen-bond acceptors (Lipinski definition) is 4. The molecule has 0 bridgehead atoms. The lowest BCUT2D eigenvalue weighted by molar-refractivity contribution is 0.0845. The zero-order chi connectivity index (χ0) is 11.7. The number of nitrogens with one attached hydrogen (secondary N) is 2. The lowest BCUT2D eigenvalue weighted by Gasteiger charge is -2.45. The summed E-state index contributed by atoms with van der Waals surface area (Å²) in [6, 6.07) is 2.00. The molecule has 3 rings (SSSR count). The number of rotatable bonds is 2. The molecule has 1 unspecified atom stereocenters. The van der Waals surface area contributed by atoms with Crippen LogP contribution in [0.5, 0.6) is 0 Å². The maximum atomic E-state index is 4.46. The molecule has 1 aliphatic carbocycles. The van der Waals surface area contributed by atoms with Gasteiger partial charge in [0.1, 0.15) is 0 Å². The molecule has 1 atom stereocenters. The SMILES string of the molecule is CC1CN=C(NC2CC(N3CCCCC3)C2)N1. The van der Waals surface area contributed by atoms with Crippen LogP contribution in [0.25, 0.3) is 0 Å². The van der Waals surface area contributed by atoms with Crippen LogP contribution in [0.4, 0.5) is 0 Å². The molecule has 0 aromatic rings. The van der Waals surface area contributed by atoms with Crippen molar-refractivity contribution < 1.29 is 0 Å². The molecule has 17 heavy (non-hydrogen) atoms. The summed E-state index contributed by atoms with van der Waals surface area (Å²) in [7, 11) is 0. The highest BCUT2D eigenvalue weighted by Gasteiger charge is 2.34. The summed E-state index contributed by atoms with van der Waals surface area (Å²) in [6.07, 6.45) is 6.84. The van der Waals surface area contributed by atoms with Crippen LogP contribution in [0.2, 0.25) is 0 Å². The van der Waals surface area contributed by atoms with Crippen LogP contribution in [0.1, 0.15) is 39.0 Å². The molecule has 2 fully saturated rings. The molecule has 0 radical (unpaired) electrons. The Morgan fingerprint density at radius 3 is 2.65 bits per heavy atom. The Labute approximate surface area is 104 Å². The Morgan fingerprint density at radius 2 is 2.00 bits per heavy atom. The molecule has 96 valence electrons. The highest BCUT2D eigenvalue weighted by Crippen LogP contribution is 2.28. The van der Waals surface area contributed by atoms with Crippen molar-refractivity contribution in [3.63, 3.8) is 0 Å². The van der Waals surface area contributed by atoms with E-state index >= 15 is 0 Å². The lowest BCUT2D eigenvalue weighted by Crippen LogP contribution is -2.56. The summed E-state index contributed by atoms with van der Waals surface area (Å²) < 4.78 is 0. The highest BCUT2D eigenvalue weighted by atomic mass is 15.3. The highest BCUT2D eigenvalue weighted by molar-refractivity contribution is 5.82. The van der Waals surface area contributed by atoms with Gasteiger partial charge < -0.3 is 15.5 Å². The third-order valence-electron chi connectivity index (χ3n) is 4.27. The standard InChI is InChI=1S/C13H24N4/c1-10-9-14-13(15-10)16-11-7-12(8-11)17-5-3-2-4-6-17/h10-12H,2-9H2,1H3,(H2,14,15,16). The molecule has 2 heterocycles. The van der Waals surface area contributed by atoms with Gasteiger partial charge in [0.2, 0.25) is 0 Å². The van der Waals surface area contributed by atoms with Crippen molar-refractivity contribution in [3.05, 3.63) is 0 Å². The molecule has 0 aromatic carbocycles. The topological polar surface area (TPSA) is 39.7 Å². The van der Waals surface area contributed by atoms with Crippen LogP contribution in [0, 0.1) is 0 Å². The van der Waals surface area contributed by atoms with Crippen LogP contribution in [0.15, 0.2) is 4.99 Å². The molecular formula is C13H24N4. The number of guanidine groups is 1. The van der Waals surface area contributed by atoms with Crippen LogP contribution >= 0.6 is 0 Å². The third kappa shape index (κ3) is 2.57. The van der Waals surface area contributed by atoms with Crippen molar-refractivity contribution in [2.24, 2.45) is 4.99 Å². The molecule has 1 saturated carbocycles. The van der Waals surface area contributed by atoms with Crippen molar-refractivity contribution in [3.8, 4) is 0 Å². The first kappa shape index (κ1) is 11.3. The Bertz CT molecular complexity index is 290. The molecule has 0 amide bonds. The van der Waals surface area contributed by atoms with Crippen LogP contribution in [0.3, 0.4) is 0 Å². The van der Waals surface area contributed by atoms with Crippen molar-refractivity contribution in [1.29, 1.82) is 0 Å². The second-order valence-electron chi connectivity index (χ2n) is 5.80. The smallest absolute Gasteiger partial charge is 0.191 e. The minimum atomic E-state index is 0.510. The van der Waals surface area contributed by atoms with Gasteiger partial charge in [0.25, 0.3) is 0 Å². The first-order chi connectivity index (χ1) is 8.31. The van der Waals surface area contributed by atoms with E-state index in [4.69, 9.17) is 0 Å². The van der Waals surface area contributed by atoms with Gasteiger partial charge in [-0.1, -0.05) is 6.42 Å². The van der Waals surface area contributed by atoms with E-state index in [9.17, 15) is 0 Å². The predicted molar refractivity (Wildman–Crippen MR) is 70.3 cm³/mol. The van der Waals surface area contributed by atoms with Crippen LogP contribution in [-0.2, 0) is 0 Å². The number of aliphatic imine (C=N–C) groups is 1. The zero-order valence-corrected chi connectivity index (χ0v) is 10.8. The van der Waals surface area contributed by atoms with E-state index in [2.05, 4.69) is 27.4 Å². The molecule has 4 nitrogen and oxygen atoms in total. The average molecular weight is 236 g/mol. The first-order valence-electron chi connectivity index (χ1n) is 7.13. The van der Waals surface area contributed by atoms with Gasteiger partial charge in [0.05, 0.1) is 6.54 Å². The normalized spacial score (nSPS) is 38.2. The van der Waals surface area contributed by atoms with E-state index in [0.717, 1.165) is 18.5 Å². The van der Waals surface area contributed by atoms with Gasteiger partial charge in [-0.2, -0.15) is 0 Å². The Morgan fingerprint density at radius 1 is 1.24 bits per heavy atom. The lowest BCUT2D eigenvalue weighted by atomic mass is 9.84.